The number of aliphatic hydroxyl groups excluding tert-OH is 1. The van der Waals surface area contributed by atoms with Crippen molar-refractivity contribution in [1.29, 1.82) is 0 Å². The van der Waals surface area contributed by atoms with E-state index in [0.29, 0.717) is 23.5 Å². The van der Waals surface area contributed by atoms with Crippen LogP contribution in [-0.4, -0.2) is 96.9 Å². The molecule has 15 heteroatoms. The van der Waals surface area contributed by atoms with Crippen LogP contribution < -0.4 is 5.32 Å². The number of rotatable bonds is 12. The monoisotopic (exact) mass is 622 g/mol. The van der Waals surface area contributed by atoms with Crippen LogP contribution in [0.3, 0.4) is 0 Å². The molecule has 43 heavy (non-hydrogen) atoms. The Morgan fingerprint density at radius 2 is 1.77 bits per heavy atom. The highest BCUT2D eigenvalue weighted by Gasteiger charge is 2.60. The van der Waals surface area contributed by atoms with E-state index in [4.69, 9.17) is 23.7 Å². The van der Waals surface area contributed by atoms with Crippen molar-refractivity contribution >= 4 is 41.9 Å². The van der Waals surface area contributed by atoms with E-state index < -0.39 is 67.8 Å². The lowest BCUT2D eigenvalue weighted by Crippen LogP contribution is -2.63. The molecule has 3 heterocycles. The molecule has 2 fully saturated rings. The van der Waals surface area contributed by atoms with Crippen molar-refractivity contribution in [2.75, 3.05) is 33.3 Å². The van der Waals surface area contributed by atoms with Gasteiger partial charge in [0.25, 0.3) is 0 Å². The zero-order valence-electron chi connectivity index (χ0n) is 23.9. The topological polar surface area (TPSA) is 176 Å². The second-order valence-corrected chi connectivity index (χ2v) is 11.2. The number of esters is 2. The zero-order valence-corrected chi connectivity index (χ0v) is 24.7. The summed E-state index contributed by atoms with van der Waals surface area (Å²) in [6.45, 7) is 4.24. The van der Waals surface area contributed by atoms with Crippen molar-refractivity contribution < 1.29 is 57.5 Å². The third-order valence-electron chi connectivity index (χ3n) is 7.20. The van der Waals surface area contributed by atoms with E-state index in [-0.39, 0.29) is 30.0 Å². The molecule has 2 N–H and O–H groups in total. The molecule has 2 saturated heterocycles. The molecule has 0 saturated carbocycles. The highest BCUT2D eigenvalue weighted by molar-refractivity contribution is 8.03. The Balaban J connectivity index is 1.36. The molecule has 1 aromatic rings. The summed E-state index contributed by atoms with van der Waals surface area (Å²) < 4.78 is 30.2. The van der Waals surface area contributed by atoms with E-state index in [9.17, 15) is 29.1 Å². The third-order valence-corrected chi connectivity index (χ3v) is 8.86. The van der Waals surface area contributed by atoms with Crippen LogP contribution in [0.15, 0.2) is 40.9 Å². The van der Waals surface area contributed by atoms with E-state index in [2.05, 4.69) is 10.1 Å². The van der Waals surface area contributed by atoms with Crippen molar-refractivity contribution in [3.05, 3.63) is 46.5 Å². The van der Waals surface area contributed by atoms with Crippen LogP contribution in [0.5, 0.6) is 0 Å². The van der Waals surface area contributed by atoms with Crippen LogP contribution in [0, 0.1) is 11.8 Å². The molecule has 2 amide bonds. The van der Waals surface area contributed by atoms with Gasteiger partial charge in [-0.2, -0.15) is 0 Å². The maximum Gasteiger partial charge on any atom is 0.511 e. The summed E-state index contributed by atoms with van der Waals surface area (Å²) >= 11 is 1.33. The summed E-state index contributed by atoms with van der Waals surface area (Å²) in [5, 5.41) is 12.6. The van der Waals surface area contributed by atoms with E-state index in [1.807, 2.05) is 6.92 Å². The van der Waals surface area contributed by atoms with Gasteiger partial charge in [0, 0.05) is 29.2 Å². The third kappa shape index (κ3) is 7.40. The predicted molar refractivity (Wildman–Crippen MR) is 148 cm³/mol. The van der Waals surface area contributed by atoms with E-state index in [1.54, 1.807) is 37.3 Å². The molecule has 3 aliphatic rings. The number of hydrogen-bond donors (Lipinski definition) is 2. The van der Waals surface area contributed by atoms with E-state index in [1.165, 1.54) is 23.6 Å². The fourth-order valence-corrected chi connectivity index (χ4v) is 6.69. The first-order chi connectivity index (χ1) is 20.6. The second kappa shape index (κ2) is 14.6. The van der Waals surface area contributed by atoms with Gasteiger partial charge in [-0.1, -0.05) is 25.1 Å². The first kappa shape index (κ1) is 32.1. The van der Waals surface area contributed by atoms with Crippen molar-refractivity contribution in [2.45, 2.75) is 50.7 Å². The minimum absolute atomic E-state index is 0.0232. The molecule has 1 aromatic carbocycles. The summed E-state index contributed by atoms with van der Waals surface area (Å²) in [7, 11) is 0. The number of alkyl carbamates (subject to hydrolysis) is 1. The molecular formula is C28H34N2O12S. The maximum absolute atomic E-state index is 13.1. The molecule has 6 atom stereocenters. The molecule has 1 unspecified atom stereocenters. The summed E-state index contributed by atoms with van der Waals surface area (Å²) in [5.74, 6) is -2.90. The van der Waals surface area contributed by atoms with E-state index >= 15 is 0 Å². The van der Waals surface area contributed by atoms with Gasteiger partial charge in [-0.25, -0.2) is 19.2 Å². The Hall–Kier alpha value is -3.82. The quantitative estimate of drug-likeness (QED) is 0.150. The normalized spacial score (nSPS) is 24.9. The minimum Gasteiger partial charge on any atom is -0.435 e. The van der Waals surface area contributed by atoms with Crippen LogP contribution in [0.2, 0.25) is 0 Å². The van der Waals surface area contributed by atoms with Crippen LogP contribution in [0.4, 0.5) is 9.59 Å². The van der Waals surface area contributed by atoms with Gasteiger partial charge in [0.2, 0.25) is 19.5 Å². The fourth-order valence-electron chi connectivity index (χ4n) is 5.17. The number of amides is 2. The van der Waals surface area contributed by atoms with Gasteiger partial charge in [0.1, 0.15) is 5.70 Å². The number of nitrogens with zero attached hydrogens (tertiary/aromatic N) is 1. The fraction of sp³-hybridized carbons (Fsp3) is 0.536. The Morgan fingerprint density at radius 3 is 2.47 bits per heavy atom. The molecule has 0 aromatic heterocycles. The Bertz CT molecular complexity index is 1240. The Morgan fingerprint density at radius 1 is 1.07 bits per heavy atom. The lowest BCUT2D eigenvalue weighted by atomic mass is 9.79. The first-order valence-corrected chi connectivity index (χ1v) is 14.6. The van der Waals surface area contributed by atoms with Crippen LogP contribution in [0.25, 0.3) is 0 Å². The molecule has 234 valence electrons. The average Bonchev–Trinajstić information content (AvgIpc) is 3.52. The number of carbonyl (C=O) groups is 5. The van der Waals surface area contributed by atoms with Crippen molar-refractivity contribution in [2.24, 2.45) is 11.8 Å². The highest BCUT2D eigenvalue weighted by atomic mass is 32.2. The molecule has 4 rings (SSSR count). The molecule has 0 spiro atoms. The zero-order chi connectivity index (χ0) is 31.1. The number of nitrogens with one attached hydrogen (secondary N) is 1. The number of β-lactam (4-membered cyclic amide) rings is 1. The second-order valence-electron chi connectivity index (χ2n) is 9.93. The lowest BCUT2D eigenvalue weighted by Gasteiger charge is -2.46. The standard InChI is InChI=1S/C28H34N2O12S/c1-4-37-28(36)42-14-40-26(34)22-23(15(2)21-20(16(3)31)24(32)30(21)22)43-19-10-11-38-18(19)12-29-27(35)41-13-39-25(33)17-8-6-5-7-9-17/h5-9,15-16,18-21,31H,4,10-14H2,1-3H3,(H,29,35)/t15-,16-,18-,19-,20-,21?/m1/s1. The Labute approximate surface area is 251 Å². The number of fused-ring (bicyclic) bond motifs is 1. The predicted octanol–water partition coefficient (Wildman–Crippen LogP) is 2.16. The number of carbonyl (C=O) groups excluding carboxylic acids is 5. The summed E-state index contributed by atoms with van der Waals surface area (Å²) in [6, 6.07) is 7.82. The maximum atomic E-state index is 13.1. The molecule has 0 bridgehead atoms. The average molecular weight is 623 g/mol. The molecule has 0 aliphatic carbocycles. The van der Waals surface area contributed by atoms with Crippen LogP contribution in [0.1, 0.15) is 37.6 Å². The number of hydrogen-bond acceptors (Lipinski definition) is 13. The van der Waals surface area contributed by atoms with Gasteiger partial charge in [-0.05, 0) is 32.4 Å². The SMILES string of the molecule is CCOC(=O)OCOC(=O)C1=C(S[C@@H]2CCO[C@@H]2CNC(=O)OCOC(=O)c2ccccc2)[C@H](C)C2[C@@H]([C@@H](C)O)C(=O)N12. The van der Waals surface area contributed by atoms with Gasteiger partial charge >= 0.3 is 24.2 Å². The van der Waals surface area contributed by atoms with Crippen molar-refractivity contribution in [3.8, 4) is 0 Å². The summed E-state index contributed by atoms with van der Waals surface area (Å²) in [5.41, 5.74) is 0.345. The molecular weight excluding hydrogens is 588 g/mol. The number of aliphatic hydroxyl groups is 1. The Kier molecular flexibility index (Phi) is 10.9. The number of thioether (sulfide) groups is 1. The van der Waals surface area contributed by atoms with Gasteiger partial charge in [-0.15, -0.1) is 11.8 Å². The molecule has 14 nitrogen and oxygen atoms in total. The smallest absolute Gasteiger partial charge is 0.435 e. The van der Waals surface area contributed by atoms with Gasteiger partial charge in [0.05, 0.1) is 36.3 Å². The van der Waals surface area contributed by atoms with Gasteiger partial charge in [0.15, 0.2) is 0 Å². The molecule has 3 aliphatic heterocycles. The van der Waals surface area contributed by atoms with E-state index in [0.717, 1.165) is 0 Å². The largest absolute Gasteiger partial charge is 0.511 e. The lowest BCUT2D eigenvalue weighted by molar-refractivity contribution is -0.166. The van der Waals surface area contributed by atoms with Crippen molar-refractivity contribution in [1.82, 2.24) is 10.2 Å². The van der Waals surface area contributed by atoms with Crippen molar-refractivity contribution in [3.63, 3.8) is 0 Å². The highest BCUT2D eigenvalue weighted by Crippen LogP contribution is 2.52. The van der Waals surface area contributed by atoms with Gasteiger partial charge in [-0.3, -0.25) is 4.79 Å². The van der Waals surface area contributed by atoms with Gasteiger partial charge < -0.3 is 43.7 Å². The minimum atomic E-state index is -1.00. The number of benzene rings is 1. The van der Waals surface area contributed by atoms with Crippen LogP contribution in [-0.2, 0) is 38.0 Å². The van der Waals surface area contributed by atoms with Crippen LogP contribution >= 0.6 is 11.8 Å². The molecule has 0 radical (unpaired) electrons. The number of ether oxygens (including phenoxy) is 6. The summed E-state index contributed by atoms with van der Waals surface area (Å²) in [4.78, 5) is 63.6. The summed E-state index contributed by atoms with van der Waals surface area (Å²) in [6.07, 6.45) is -2.62. The first-order valence-electron chi connectivity index (χ1n) is 13.8.